The smallest absolute Gasteiger partial charge is 0.408 e. The van der Waals surface area contributed by atoms with Crippen LogP contribution in [-0.2, 0) is 23.9 Å². The zero-order valence-electron chi connectivity index (χ0n) is 24.1. The fraction of sp³-hybridized carbons (Fsp3) is 0.643. The highest BCUT2D eigenvalue weighted by Gasteiger charge is 2.36. The molecular weight excluding hydrogens is 506 g/mol. The molecule has 0 heterocycles. The molecule has 1 aromatic rings. The Kier molecular flexibility index (Phi) is 14.2. The summed E-state index contributed by atoms with van der Waals surface area (Å²) >= 11 is 1.56. The van der Waals surface area contributed by atoms with Crippen LogP contribution in [0.5, 0.6) is 0 Å². The number of alkyl carbamates (subject to hydrolysis) is 1. The van der Waals surface area contributed by atoms with Gasteiger partial charge in [-0.1, -0.05) is 25.1 Å². The van der Waals surface area contributed by atoms with Crippen LogP contribution in [0, 0.1) is 13.8 Å². The van der Waals surface area contributed by atoms with Crippen LogP contribution in [0.4, 0.5) is 4.79 Å². The molecule has 2 N–H and O–H groups in total. The van der Waals surface area contributed by atoms with Crippen LogP contribution in [-0.4, -0.2) is 72.1 Å². The second kappa shape index (κ2) is 16.3. The standard InChI is InChI=1S/C28H45N3O6S/c1-9-17-31(26(34)22(15-18-38-8)30-27(35)37-28(5,6)7)24(21-13-11-12-19(3)20(21)4)25(33)29-16-14-23(32)36-10-2/h11-13,22,24H,9-10,14-18H2,1-8H3,(H,29,33)(H,30,35). The third kappa shape index (κ3) is 10.9. The van der Waals surface area contributed by atoms with Gasteiger partial charge in [-0.15, -0.1) is 0 Å². The number of carbonyl (C=O) groups excluding carboxylic acids is 4. The highest BCUT2D eigenvalue weighted by Crippen LogP contribution is 2.28. The SMILES string of the molecule is CCCN(C(=O)C(CCSC)NC(=O)OC(C)(C)C)C(C(=O)NCCC(=O)OCC)c1cccc(C)c1C. The number of benzene rings is 1. The zero-order valence-corrected chi connectivity index (χ0v) is 25.0. The zero-order chi connectivity index (χ0) is 28.9. The third-order valence-corrected chi connectivity index (χ3v) is 6.43. The van der Waals surface area contributed by atoms with Gasteiger partial charge in [0, 0.05) is 13.1 Å². The molecule has 10 heteroatoms. The van der Waals surface area contributed by atoms with E-state index >= 15 is 0 Å². The number of esters is 1. The van der Waals surface area contributed by atoms with Crippen molar-refractivity contribution in [3.63, 3.8) is 0 Å². The third-order valence-electron chi connectivity index (χ3n) is 5.78. The van der Waals surface area contributed by atoms with Crippen LogP contribution in [0.25, 0.3) is 0 Å². The number of rotatable bonds is 14. The predicted molar refractivity (Wildman–Crippen MR) is 151 cm³/mol. The summed E-state index contributed by atoms with van der Waals surface area (Å²) in [5.74, 6) is -0.536. The van der Waals surface area contributed by atoms with Crippen molar-refractivity contribution < 1.29 is 28.7 Å². The molecule has 2 unspecified atom stereocenters. The average molecular weight is 552 g/mol. The minimum atomic E-state index is -0.943. The number of ether oxygens (including phenoxy) is 2. The molecule has 1 rings (SSSR count). The van der Waals surface area contributed by atoms with Crippen LogP contribution in [0.2, 0.25) is 0 Å². The maximum Gasteiger partial charge on any atom is 0.408 e. The fourth-order valence-electron chi connectivity index (χ4n) is 3.89. The van der Waals surface area contributed by atoms with Gasteiger partial charge in [-0.3, -0.25) is 14.4 Å². The lowest BCUT2D eigenvalue weighted by molar-refractivity contribution is -0.144. The van der Waals surface area contributed by atoms with Crippen molar-refractivity contribution in [1.82, 2.24) is 15.5 Å². The fourth-order valence-corrected chi connectivity index (χ4v) is 4.36. The molecule has 0 fully saturated rings. The number of thioether (sulfide) groups is 1. The average Bonchev–Trinajstić information content (AvgIpc) is 2.82. The summed E-state index contributed by atoms with van der Waals surface area (Å²) in [4.78, 5) is 53.6. The maximum atomic E-state index is 14.0. The molecule has 0 aliphatic carbocycles. The van der Waals surface area contributed by atoms with Gasteiger partial charge in [-0.2, -0.15) is 11.8 Å². The lowest BCUT2D eigenvalue weighted by Gasteiger charge is -2.35. The van der Waals surface area contributed by atoms with Crippen LogP contribution < -0.4 is 10.6 Å². The van der Waals surface area contributed by atoms with Crippen molar-refractivity contribution in [2.24, 2.45) is 0 Å². The summed E-state index contributed by atoms with van der Waals surface area (Å²) in [7, 11) is 0. The highest BCUT2D eigenvalue weighted by atomic mass is 32.2. The van der Waals surface area contributed by atoms with Gasteiger partial charge in [0.1, 0.15) is 17.7 Å². The summed E-state index contributed by atoms with van der Waals surface area (Å²) in [5.41, 5.74) is 1.86. The van der Waals surface area contributed by atoms with Crippen LogP contribution in [0.15, 0.2) is 18.2 Å². The number of nitrogens with zero attached hydrogens (tertiary/aromatic N) is 1. The van der Waals surface area contributed by atoms with Crippen LogP contribution in [0.1, 0.15) is 76.6 Å². The van der Waals surface area contributed by atoms with Gasteiger partial charge in [0.2, 0.25) is 11.8 Å². The molecule has 214 valence electrons. The molecule has 0 bridgehead atoms. The van der Waals surface area contributed by atoms with E-state index in [0.29, 0.717) is 30.7 Å². The van der Waals surface area contributed by atoms with Crippen LogP contribution >= 0.6 is 11.8 Å². The summed E-state index contributed by atoms with van der Waals surface area (Å²) < 4.78 is 10.4. The van der Waals surface area contributed by atoms with Crippen LogP contribution in [0.3, 0.4) is 0 Å². The molecule has 0 radical (unpaired) electrons. The number of hydrogen-bond acceptors (Lipinski definition) is 7. The van der Waals surface area contributed by atoms with Gasteiger partial charge in [0.25, 0.3) is 0 Å². The first-order chi connectivity index (χ1) is 17.9. The Labute approximate surface area is 231 Å². The van der Waals surface area contributed by atoms with E-state index < -0.39 is 35.7 Å². The summed E-state index contributed by atoms with van der Waals surface area (Å²) in [6.07, 6.45) is 2.25. The summed E-state index contributed by atoms with van der Waals surface area (Å²) in [6.45, 7) is 13.4. The quantitative estimate of drug-likeness (QED) is 0.331. The Morgan fingerprint density at radius 1 is 1.11 bits per heavy atom. The molecule has 38 heavy (non-hydrogen) atoms. The van der Waals surface area contributed by atoms with E-state index in [1.807, 2.05) is 45.2 Å². The minimum Gasteiger partial charge on any atom is -0.466 e. The van der Waals surface area contributed by atoms with Gasteiger partial charge in [0.05, 0.1) is 13.0 Å². The Morgan fingerprint density at radius 2 is 1.79 bits per heavy atom. The van der Waals surface area contributed by atoms with Gasteiger partial charge < -0.3 is 25.0 Å². The Morgan fingerprint density at radius 3 is 2.37 bits per heavy atom. The minimum absolute atomic E-state index is 0.0252. The molecule has 0 saturated carbocycles. The van der Waals surface area contributed by atoms with E-state index in [4.69, 9.17) is 9.47 Å². The first-order valence-corrected chi connectivity index (χ1v) is 14.5. The van der Waals surface area contributed by atoms with Crippen molar-refractivity contribution in [2.75, 3.05) is 31.7 Å². The first kappa shape index (κ1) is 33.3. The van der Waals surface area contributed by atoms with Crippen molar-refractivity contribution in [3.8, 4) is 0 Å². The van der Waals surface area contributed by atoms with Crippen molar-refractivity contribution >= 4 is 35.6 Å². The second-order valence-electron chi connectivity index (χ2n) is 10.0. The Bertz CT molecular complexity index is 947. The first-order valence-electron chi connectivity index (χ1n) is 13.1. The largest absolute Gasteiger partial charge is 0.466 e. The maximum absolute atomic E-state index is 14.0. The van der Waals surface area contributed by atoms with E-state index in [2.05, 4.69) is 10.6 Å². The number of aryl methyl sites for hydroxylation is 1. The number of carbonyl (C=O) groups is 4. The molecule has 3 amide bonds. The molecule has 0 aromatic heterocycles. The van der Waals surface area contributed by atoms with Gasteiger partial charge >= 0.3 is 12.1 Å². The normalized spacial score (nSPS) is 12.7. The van der Waals surface area contributed by atoms with Gasteiger partial charge in [-0.25, -0.2) is 4.79 Å². The topological polar surface area (TPSA) is 114 Å². The molecular formula is C28H45N3O6S. The molecule has 0 spiro atoms. The predicted octanol–water partition coefficient (Wildman–Crippen LogP) is 4.30. The lowest BCUT2D eigenvalue weighted by Crippen LogP contribution is -2.53. The van der Waals surface area contributed by atoms with Gasteiger partial charge in [-0.05, 0) is 83.1 Å². The molecule has 2 atom stereocenters. The van der Waals surface area contributed by atoms with Crippen molar-refractivity contribution in [1.29, 1.82) is 0 Å². The number of hydrogen-bond donors (Lipinski definition) is 2. The van der Waals surface area contributed by atoms with E-state index in [9.17, 15) is 19.2 Å². The molecule has 9 nitrogen and oxygen atoms in total. The second-order valence-corrected chi connectivity index (χ2v) is 11.0. The Balaban J connectivity index is 3.41. The number of amides is 3. The summed E-state index contributed by atoms with van der Waals surface area (Å²) in [5, 5.41) is 5.55. The van der Waals surface area contributed by atoms with Crippen molar-refractivity contribution in [3.05, 3.63) is 34.9 Å². The van der Waals surface area contributed by atoms with E-state index in [1.54, 1.807) is 39.5 Å². The number of nitrogens with one attached hydrogen (secondary N) is 2. The van der Waals surface area contributed by atoms with E-state index in [0.717, 1.165) is 11.1 Å². The highest BCUT2D eigenvalue weighted by molar-refractivity contribution is 7.98. The molecule has 0 aliphatic rings. The van der Waals surface area contributed by atoms with Gasteiger partial charge in [0.15, 0.2) is 0 Å². The molecule has 1 aromatic carbocycles. The van der Waals surface area contributed by atoms with E-state index in [-0.39, 0.29) is 25.5 Å². The monoisotopic (exact) mass is 551 g/mol. The lowest BCUT2D eigenvalue weighted by atomic mass is 9.94. The molecule has 0 saturated heterocycles. The molecule has 0 aliphatic heterocycles. The Hall–Kier alpha value is -2.75. The summed E-state index contributed by atoms with van der Waals surface area (Å²) in [6, 6.07) is 3.83. The van der Waals surface area contributed by atoms with E-state index in [1.165, 1.54) is 4.90 Å². The van der Waals surface area contributed by atoms with Crippen molar-refractivity contribution in [2.45, 2.75) is 85.4 Å².